The molecule has 3 aliphatic rings. The second-order valence-electron chi connectivity index (χ2n) is 14.0. The first-order valence-electron chi connectivity index (χ1n) is 19.8. The third-order valence-corrected chi connectivity index (χ3v) is 10.1. The summed E-state index contributed by atoms with van der Waals surface area (Å²) in [7, 11) is 0. The molecule has 4 aromatic rings. The van der Waals surface area contributed by atoms with Crippen LogP contribution in [0.5, 0.6) is 11.5 Å². The van der Waals surface area contributed by atoms with Gasteiger partial charge >= 0.3 is 5.97 Å². The highest BCUT2D eigenvalue weighted by Gasteiger charge is 2.47. The van der Waals surface area contributed by atoms with E-state index in [4.69, 9.17) is 52.1 Å². The molecular formula is C44H52O14. The van der Waals surface area contributed by atoms with Crippen molar-refractivity contribution >= 4 is 16.7 Å². The van der Waals surface area contributed by atoms with Gasteiger partial charge in [0.25, 0.3) is 0 Å². The van der Waals surface area contributed by atoms with Crippen LogP contribution >= 0.6 is 0 Å². The van der Waals surface area contributed by atoms with Crippen LogP contribution in [0.3, 0.4) is 0 Å². The molecule has 0 saturated heterocycles. The Labute approximate surface area is 337 Å². The number of fused-ring (bicyclic) bond motifs is 4. The van der Waals surface area contributed by atoms with Crippen molar-refractivity contribution in [2.24, 2.45) is 0 Å². The maximum Gasteiger partial charge on any atom is 0.340 e. The molecule has 14 heteroatoms. The van der Waals surface area contributed by atoms with E-state index in [0.717, 1.165) is 10.8 Å². The van der Waals surface area contributed by atoms with Crippen LogP contribution in [-0.4, -0.2) is 122 Å². The quantitative estimate of drug-likeness (QED) is 0.264. The molecule has 2 N–H and O–H groups in total. The van der Waals surface area contributed by atoms with Crippen LogP contribution in [0.4, 0.5) is 0 Å². The zero-order valence-electron chi connectivity index (χ0n) is 32.7. The van der Waals surface area contributed by atoms with E-state index in [2.05, 4.69) is 0 Å². The Morgan fingerprint density at radius 3 is 1.12 bits per heavy atom. The summed E-state index contributed by atoms with van der Waals surface area (Å²) in [6.45, 7) is 5.83. The standard InChI is InChI=1S/C44H52O14/c45-41-32-23-36(24-33(41)28-55-20-16-51-12-8-48-7-11-50-15-19-54-27-32)44(39-6-2-4-31-3-1-5-38(40(31)39)43(47)58-44)37-25-34-29-56-21-17-52-13-9-49-10-14-53-18-22-57-30-35(26-37)42(34)46/h1-6,23-26,45-46H,7-22,27-30H2. The summed E-state index contributed by atoms with van der Waals surface area (Å²) in [5.74, 6) is -0.530. The highest BCUT2D eigenvalue weighted by Crippen LogP contribution is 2.50. The number of carbonyl (C=O) groups is 1. The van der Waals surface area contributed by atoms with E-state index < -0.39 is 11.6 Å². The smallest absolute Gasteiger partial charge is 0.340 e. The maximum atomic E-state index is 14.4. The van der Waals surface area contributed by atoms with Crippen LogP contribution in [0.15, 0.2) is 60.7 Å². The molecule has 0 radical (unpaired) electrons. The number of esters is 1. The minimum absolute atomic E-state index is 0.000504. The van der Waals surface area contributed by atoms with E-state index in [1.54, 1.807) is 30.3 Å². The number of rotatable bonds is 2. The van der Waals surface area contributed by atoms with Gasteiger partial charge in [-0.2, -0.15) is 0 Å². The first-order chi connectivity index (χ1) is 28.6. The molecule has 4 aromatic carbocycles. The lowest BCUT2D eigenvalue weighted by Crippen LogP contribution is -2.39. The van der Waals surface area contributed by atoms with Crippen LogP contribution in [0.1, 0.15) is 49.3 Å². The van der Waals surface area contributed by atoms with Gasteiger partial charge in [0.15, 0.2) is 5.60 Å². The van der Waals surface area contributed by atoms with Gasteiger partial charge in [-0.05, 0) is 35.7 Å². The maximum absolute atomic E-state index is 14.4. The van der Waals surface area contributed by atoms with Crippen molar-refractivity contribution < 1.29 is 67.1 Å². The van der Waals surface area contributed by atoms with E-state index in [1.807, 2.05) is 30.3 Å². The highest BCUT2D eigenvalue weighted by atomic mass is 16.6. The Kier molecular flexibility index (Phi) is 15.3. The Bertz CT molecular complexity index is 1800. The van der Waals surface area contributed by atoms with E-state index >= 15 is 0 Å². The van der Waals surface area contributed by atoms with Gasteiger partial charge in [0.05, 0.1) is 138 Å². The summed E-state index contributed by atoms with van der Waals surface area (Å²) in [6, 6.07) is 18.6. The van der Waals surface area contributed by atoms with Gasteiger partial charge in [-0.1, -0.05) is 30.3 Å². The Balaban J connectivity index is 1.36. The molecule has 0 aliphatic carbocycles. The van der Waals surface area contributed by atoms with Crippen molar-refractivity contribution in [2.45, 2.75) is 32.0 Å². The third kappa shape index (κ3) is 10.1. The minimum atomic E-state index is -1.59. The number of phenolic OH excluding ortho intramolecular Hbond substituents is 2. The van der Waals surface area contributed by atoms with Crippen molar-refractivity contribution in [1.29, 1.82) is 0 Å². The van der Waals surface area contributed by atoms with Gasteiger partial charge < -0.3 is 62.3 Å². The van der Waals surface area contributed by atoms with Gasteiger partial charge in [0, 0.05) is 44.3 Å². The number of carbonyl (C=O) groups excluding carboxylic acids is 1. The Morgan fingerprint density at radius 2 is 0.759 bits per heavy atom. The van der Waals surface area contributed by atoms with E-state index in [9.17, 15) is 15.0 Å². The zero-order valence-corrected chi connectivity index (χ0v) is 32.7. The highest BCUT2D eigenvalue weighted by molar-refractivity contribution is 6.09. The van der Waals surface area contributed by atoms with Gasteiger partial charge in [-0.3, -0.25) is 0 Å². The van der Waals surface area contributed by atoms with E-state index in [1.165, 1.54) is 0 Å². The zero-order chi connectivity index (χ0) is 40.0. The molecule has 3 heterocycles. The molecule has 0 spiro atoms. The summed E-state index contributed by atoms with van der Waals surface area (Å²) >= 11 is 0. The minimum Gasteiger partial charge on any atom is -0.507 e. The summed E-state index contributed by atoms with van der Waals surface area (Å²) in [4.78, 5) is 14.4. The lowest BCUT2D eigenvalue weighted by atomic mass is 9.74. The Morgan fingerprint density at radius 1 is 0.431 bits per heavy atom. The second-order valence-corrected chi connectivity index (χ2v) is 14.0. The van der Waals surface area contributed by atoms with Gasteiger partial charge in [0.1, 0.15) is 11.5 Å². The van der Waals surface area contributed by atoms with Gasteiger partial charge in [0.2, 0.25) is 0 Å². The average molecular weight is 805 g/mol. The molecular weight excluding hydrogens is 752 g/mol. The molecule has 0 saturated carbocycles. The topological polar surface area (TPSA) is 159 Å². The number of cyclic esters (lactones) is 1. The normalized spacial score (nSPS) is 20.2. The third-order valence-electron chi connectivity index (χ3n) is 10.1. The molecule has 3 aliphatic heterocycles. The summed E-state index contributed by atoms with van der Waals surface area (Å²) < 4.78 is 64.7. The monoisotopic (exact) mass is 804 g/mol. The fourth-order valence-corrected chi connectivity index (χ4v) is 7.30. The largest absolute Gasteiger partial charge is 0.507 e. The van der Waals surface area contributed by atoms with Crippen molar-refractivity contribution in [3.8, 4) is 11.5 Å². The number of ether oxygens (including phenoxy) is 11. The molecule has 0 aromatic heterocycles. The number of phenols is 2. The van der Waals surface area contributed by atoms with Crippen molar-refractivity contribution in [3.05, 3.63) is 105 Å². The van der Waals surface area contributed by atoms with Gasteiger partial charge in [-0.25, -0.2) is 4.79 Å². The molecule has 4 bridgehead atoms. The summed E-state index contributed by atoms with van der Waals surface area (Å²) in [5.41, 5.74) is 2.46. The van der Waals surface area contributed by atoms with Crippen molar-refractivity contribution in [2.75, 3.05) is 106 Å². The molecule has 312 valence electrons. The SMILES string of the molecule is O=C1OC(c2cc3c(O)c(c2)COCCOCCOCCOCCOC3)(c2cc3c(O)c(c2)COCCOCCOCCOCCOC3)c2cccc3cccc1c23. The number of aromatic hydroxyl groups is 2. The second kappa shape index (κ2) is 21.2. The lowest BCUT2D eigenvalue weighted by molar-refractivity contribution is -0.0150. The van der Waals surface area contributed by atoms with Crippen molar-refractivity contribution in [3.63, 3.8) is 0 Å². The van der Waals surface area contributed by atoms with Crippen LogP contribution < -0.4 is 0 Å². The van der Waals surface area contributed by atoms with Crippen LogP contribution in [0.2, 0.25) is 0 Å². The first kappa shape index (κ1) is 42.0. The van der Waals surface area contributed by atoms with E-state index in [-0.39, 0.29) is 64.4 Å². The summed E-state index contributed by atoms with van der Waals surface area (Å²) in [5, 5.41) is 25.0. The number of hydrogen-bond acceptors (Lipinski definition) is 14. The fraction of sp³-hybridized carbons (Fsp3) is 0.477. The predicted molar refractivity (Wildman–Crippen MR) is 209 cm³/mol. The molecule has 0 atom stereocenters. The molecule has 0 fully saturated rings. The van der Waals surface area contributed by atoms with E-state index in [0.29, 0.717) is 124 Å². The van der Waals surface area contributed by atoms with Crippen LogP contribution in [0.25, 0.3) is 10.8 Å². The van der Waals surface area contributed by atoms with Crippen molar-refractivity contribution in [1.82, 2.24) is 0 Å². The molecule has 58 heavy (non-hydrogen) atoms. The fourth-order valence-electron chi connectivity index (χ4n) is 7.30. The summed E-state index contributed by atoms with van der Waals surface area (Å²) in [6.07, 6.45) is 0. The molecule has 7 rings (SSSR count). The first-order valence-corrected chi connectivity index (χ1v) is 19.8. The number of hydrogen-bond donors (Lipinski definition) is 2. The molecule has 0 amide bonds. The average Bonchev–Trinajstić information content (AvgIpc) is 3.23. The number of benzene rings is 4. The Hall–Kier alpha value is -4.19. The van der Waals surface area contributed by atoms with Gasteiger partial charge in [-0.15, -0.1) is 0 Å². The molecule has 0 unspecified atom stereocenters. The predicted octanol–water partition coefficient (Wildman–Crippen LogP) is 4.91. The van der Waals surface area contributed by atoms with Crippen LogP contribution in [-0.2, 0) is 84.1 Å². The molecule has 14 nitrogen and oxygen atoms in total. The van der Waals surface area contributed by atoms with Crippen LogP contribution in [0, 0.1) is 0 Å². The lowest BCUT2D eigenvalue weighted by Gasteiger charge is -2.40.